The summed E-state index contributed by atoms with van der Waals surface area (Å²) in [6.45, 7) is 4.66. The van der Waals surface area contributed by atoms with Gasteiger partial charge in [-0.3, -0.25) is 0 Å². The first kappa shape index (κ1) is 12.0. The third-order valence-corrected chi connectivity index (χ3v) is 4.72. The van der Waals surface area contributed by atoms with E-state index in [0.29, 0.717) is 0 Å². The molecular formula is C19H21N. The van der Waals surface area contributed by atoms with Crippen molar-refractivity contribution >= 4 is 5.69 Å². The van der Waals surface area contributed by atoms with E-state index in [2.05, 4.69) is 48.2 Å². The molecule has 0 aliphatic carbocycles. The Morgan fingerprint density at radius 1 is 0.800 bits per heavy atom. The average molecular weight is 263 g/mol. The molecule has 2 heterocycles. The van der Waals surface area contributed by atoms with Gasteiger partial charge in [-0.05, 0) is 67.0 Å². The molecule has 0 N–H and O–H groups in total. The van der Waals surface area contributed by atoms with Crippen LogP contribution in [0.2, 0.25) is 0 Å². The first-order chi connectivity index (χ1) is 9.81. The van der Waals surface area contributed by atoms with E-state index in [-0.39, 0.29) is 0 Å². The minimum absolute atomic E-state index is 1.25. The number of nitrogens with zero attached hydrogens (tertiary/aromatic N) is 1. The van der Waals surface area contributed by atoms with Gasteiger partial charge in [0.1, 0.15) is 0 Å². The maximum absolute atomic E-state index is 2.61. The van der Waals surface area contributed by atoms with Crippen LogP contribution in [0.15, 0.2) is 36.4 Å². The van der Waals surface area contributed by atoms with Gasteiger partial charge in [0.25, 0.3) is 0 Å². The molecule has 0 amide bonds. The van der Waals surface area contributed by atoms with E-state index in [0.717, 1.165) is 0 Å². The molecule has 0 bridgehead atoms. The maximum Gasteiger partial charge on any atom is 0.0431 e. The third-order valence-electron chi connectivity index (χ3n) is 4.72. The highest BCUT2D eigenvalue weighted by Gasteiger charge is 2.24. The standard InChI is InChI=1S/C19H21N/c1-14-6-8-15(9-7-14)18-12-16-4-2-10-20-11-3-5-17(13-18)19(16)20/h6-9,12-13H,2-5,10-11H2,1H3. The third kappa shape index (κ3) is 1.93. The lowest BCUT2D eigenvalue weighted by Crippen LogP contribution is -2.34. The van der Waals surface area contributed by atoms with Crippen LogP contribution in [0.25, 0.3) is 11.1 Å². The fraction of sp³-hybridized carbons (Fsp3) is 0.368. The van der Waals surface area contributed by atoms with Gasteiger partial charge < -0.3 is 4.90 Å². The van der Waals surface area contributed by atoms with Gasteiger partial charge in [0.05, 0.1) is 0 Å². The van der Waals surface area contributed by atoms with Crippen LogP contribution >= 0.6 is 0 Å². The van der Waals surface area contributed by atoms with Crippen LogP contribution in [-0.2, 0) is 12.8 Å². The molecule has 0 unspecified atom stereocenters. The Hall–Kier alpha value is -1.76. The van der Waals surface area contributed by atoms with Gasteiger partial charge >= 0.3 is 0 Å². The molecule has 0 aromatic heterocycles. The number of aryl methyl sites for hydroxylation is 3. The predicted octanol–water partition coefficient (Wildman–Crippen LogP) is 4.36. The lowest BCUT2D eigenvalue weighted by Gasteiger charge is -2.37. The van der Waals surface area contributed by atoms with Crippen LogP contribution in [0.5, 0.6) is 0 Å². The maximum atomic E-state index is 2.61. The molecular weight excluding hydrogens is 242 g/mol. The molecule has 102 valence electrons. The summed E-state index contributed by atoms with van der Waals surface area (Å²) in [4.78, 5) is 2.61. The van der Waals surface area contributed by atoms with Crippen molar-refractivity contribution in [3.63, 3.8) is 0 Å². The number of anilines is 1. The van der Waals surface area contributed by atoms with Gasteiger partial charge in [0.2, 0.25) is 0 Å². The quantitative estimate of drug-likeness (QED) is 0.739. The summed E-state index contributed by atoms with van der Waals surface area (Å²) in [5.74, 6) is 0. The zero-order chi connectivity index (χ0) is 13.5. The van der Waals surface area contributed by atoms with Crippen molar-refractivity contribution in [3.05, 3.63) is 53.1 Å². The molecule has 4 rings (SSSR count). The number of hydrogen-bond donors (Lipinski definition) is 0. The van der Waals surface area contributed by atoms with E-state index < -0.39 is 0 Å². The molecule has 0 atom stereocenters. The number of benzene rings is 2. The van der Waals surface area contributed by atoms with Gasteiger partial charge in [0.15, 0.2) is 0 Å². The first-order valence-electron chi connectivity index (χ1n) is 7.79. The molecule has 1 heteroatoms. The molecule has 0 spiro atoms. The molecule has 2 aromatic carbocycles. The van der Waals surface area contributed by atoms with Crippen LogP contribution < -0.4 is 4.90 Å². The highest BCUT2D eigenvalue weighted by molar-refractivity contribution is 5.73. The van der Waals surface area contributed by atoms with E-state index >= 15 is 0 Å². The molecule has 2 aromatic rings. The summed E-state index contributed by atoms with van der Waals surface area (Å²) in [6, 6.07) is 13.8. The second-order valence-electron chi connectivity index (χ2n) is 6.20. The van der Waals surface area contributed by atoms with Gasteiger partial charge in [-0.25, -0.2) is 0 Å². The monoisotopic (exact) mass is 263 g/mol. The van der Waals surface area contributed by atoms with Gasteiger partial charge in [-0.2, -0.15) is 0 Å². The average Bonchev–Trinajstić information content (AvgIpc) is 2.48. The predicted molar refractivity (Wildman–Crippen MR) is 85.5 cm³/mol. The van der Waals surface area contributed by atoms with Gasteiger partial charge in [-0.15, -0.1) is 0 Å². The Labute approximate surface area is 121 Å². The van der Waals surface area contributed by atoms with Crippen molar-refractivity contribution in [2.24, 2.45) is 0 Å². The highest BCUT2D eigenvalue weighted by atomic mass is 15.1. The Kier molecular flexibility index (Phi) is 2.80. The van der Waals surface area contributed by atoms with Crippen molar-refractivity contribution in [3.8, 4) is 11.1 Å². The van der Waals surface area contributed by atoms with Crippen molar-refractivity contribution in [2.75, 3.05) is 18.0 Å². The Morgan fingerprint density at radius 2 is 1.40 bits per heavy atom. The van der Waals surface area contributed by atoms with Crippen LogP contribution in [0, 0.1) is 6.92 Å². The topological polar surface area (TPSA) is 3.24 Å². The number of rotatable bonds is 1. The Bertz CT molecular complexity index is 608. The highest BCUT2D eigenvalue weighted by Crippen LogP contribution is 2.38. The van der Waals surface area contributed by atoms with Crippen LogP contribution in [0.4, 0.5) is 5.69 Å². The molecule has 2 aliphatic heterocycles. The molecule has 1 nitrogen and oxygen atoms in total. The minimum Gasteiger partial charge on any atom is -0.371 e. The number of hydrogen-bond acceptors (Lipinski definition) is 1. The van der Waals surface area contributed by atoms with Crippen LogP contribution in [-0.4, -0.2) is 13.1 Å². The fourth-order valence-electron chi connectivity index (χ4n) is 3.72. The molecule has 0 saturated carbocycles. The Balaban J connectivity index is 1.84. The van der Waals surface area contributed by atoms with Crippen molar-refractivity contribution < 1.29 is 0 Å². The van der Waals surface area contributed by atoms with E-state index in [9.17, 15) is 0 Å². The summed E-state index contributed by atoms with van der Waals surface area (Å²) in [6.07, 6.45) is 5.12. The lowest BCUT2D eigenvalue weighted by atomic mass is 9.88. The SMILES string of the molecule is Cc1ccc(-c2cc3c4c(c2)CCCN4CCC3)cc1. The second kappa shape index (κ2) is 4.66. The molecule has 0 radical (unpaired) electrons. The minimum atomic E-state index is 1.25. The van der Waals surface area contributed by atoms with Crippen molar-refractivity contribution in [1.82, 2.24) is 0 Å². The summed E-state index contributed by atoms with van der Waals surface area (Å²) < 4.78 is 0. The summed E-state index contributed by atoms with van der Waals surface area (Å²) >= 11 is 0. The van der Waals surface area contributed by atoms with Gasteiger partial charge in [-0.1, -0.05) is 29.8 Å². The normalized spacial score (nSPS) is 16.9. The fourth-order valence-corrected chi connectivity index (χ4v) is 3.72. The van der Waals surface area contributed by atoms with Gasteiger partial charge in [0, 0.05) is 18.8 Å². The van der Waals surface area contributed by atoms with Crippen molar-refractivity contribution in [1.29, 1.82) is 0 Å². The van der Waals surface area contributed by atoms with Crippen LogP contribution in [0.1, 0.15) is 29.5 Å². The summed E-state index contributed by atoms with van der Waals surface area (Å²) in [5.41, 5.74) is 8.81. The molecule has 0 fully saturated rings. The lowest BCUT2D eigenvalue weighted by molar-refractivity contribution is 0.634. The second-order valence-corrected chi connectivity index (χ2v) is 6.20. The summed E-state index contributed by atoms with van der Waals surface area (Å²) in [7, 11) is 0. The molecule has 2 aliphatic rings. The smallest absolute Gasteiger partial charge is 0.0431 e. The van der Waals surface area contributed by atoms with Crippen LogP contribution in [0.3, 0.4) is 0 Å². The zero-order valence-electron chi connectivity index (χ0n) is 12.2. The molecule has 20 heavy (non-hydrogen) atoms. The zero-order valence-corrected chi connectivity index (χ0v) is 12.2. The van der Waals surface area contributed by atoms with E-state index in [1.165, 1.54) is 55.5 Å². The Morgan fingerprint density at radius 3 is 2.00 bits per heavy atom. The van der Waals surface area contributed by atoms with E-state index in [1.807, 2.05) is 0 Å². The largest absolute Gasteiger partial charge is 0.371 e. The van der Waals surface area contributed by atoms with Crippen molar-refractivity contribution in [2.45, 2.75) is 32.6 Å². The molecule has 0 saturated heterocycles. The summed E-state index contributed by atoms with van der Waals surface area (Å²) in [5, 5.41) is 0. The first-order valence-corrected chi connectivity index (χ1v) is 7.79. The van der Waals surface area contributed by atoms with E-state index in [1.54, 1.807) is 16.8 Å². The van der Waals surface area contributed by atoms with E-state index in [4.69, 9.17) is 0 Å².